The van der Waals surface area contributed by atoms with Crippen molar-refractivity contribution in [2.75, 3.05) is 19.7 Å². The highest BCUT2D eigenvalue weighted by atomic mass is 32.1. The molecule has 0 aromatic carbocycles. The Morgan fingerprint density at radius 1 is 1.39 bits per heavy atom. The van der Waals surface area contributed by atoms with Gasteiger partial charge in [0, 0.05) is 19.7 Å². The number of nitrogens with zero attached hydrogens (tertiary/aromatic N) is 5. The topological polar surface area (TPSA) is 73.1 Å². The molecule has 122 valence electrons. The number of rotatable bonds is 3. The van der Waals surface area contributed by atoms with Gasteiger partial charge in [-0.3, -0.25) is 4.79 Å². The van der Waals surface area contributed by atoms with Crippen LogP contribution in [0, 0.1) is 13.8 Å². The molecule has 2 aliphatic heterocycles. The Balaban J connectivity index is 1.45. The van der Waals surface area contributed by atoms with Crippen LogP contribution in [0.2, 0.25) is 0 Å². The molecule has 1 amide bonds. The van der Waals surface area contributed by atoms with E-state index in [2.05, 4.69) is 19.7 Å². The van der Waals surface area contributed by atoms with Crippen LogP contribution in [0.4, 0.5) is 0 Å². The molecule has 0 aliphatic carbocycles. The van der Waals surface area contributed by atoms with Crippen LogP contribution < -0.4 is 0 Å². The van der Waals surface area contributed by atoms with E-state index in [-0.39, 0.29) is 18.1 Å². The predicted molar refractivity (Wildman–Crippen MR) is 84.5 cm³/mol. The van der Waals surface area contributed by atoms with Crippen LogP contribution in [0.5, 0.6) is 0 Å². The quantitative estimate of drug-likeness (QED) is 0.858. The van der Waals surface area contributed by atoms with Crippen molar-refractivity contribution < 1.29 is 9.53 Å². The van der Waals surface area contributed by atoms with Crippen LogP contribution in [-0.4, -0.2) is 50.3 Å². The summed E-state index contributed by atoms with van der Waals surface area (Å²) in [6.45, 7) is 5.98. The van der Waals surface area contributed by atoms with Gasteiger partial charge in [0.25, 0.3) is 5.91 Å². The highest BCUT2D eigenvalue weighted by molar-refractivity contribution is 7.13. The lowest BCUT2D eigenvalue weighted by Crippen LogP contribution is -2.51. The molecule has 0 bridgehead atoms. The number of carbonyl (C=O) groups is 1. The van der Waals surface area contributed by atoms with E-state index in [1.165, 1.54) is 11.3 Å². The van der Waals surface area contributed by atoms with Crippen LogP contribution in [0.25, 0.3) is 0 Å². The summed E-state index contributed by atoms with van der Waals surface area (Å²) >= 11 is 1.47. The first-order valence-corrected chi connectivity index (χ1v) is 8.69. The van der Waals surface area contributed by atoms with E-state index in [9.17, 15) is 4.79 Å². The molecule has 23 heavy (non-hydrogen) atoms. The van der Waals surface area contributed by atoms with Crippen molar-refractivity contribution in [3.05, 3.63) is 27.7 Å². The number of ether oxygens (including phenoxy) is 1. The minimum Gasteiger partial charge on any atom is -0.370 e. The Hall–Kier alpha value is -1.80. The minimum absolute atomic E-state index is 0.0497. The third-order valence-electron chi connectivity index (χ3n) is 4.46. The number of likely N-dealkylation sites (tertiary alicyclic amines) is 1. The Morgan fingerprint density at radius 2 is 2.22 bits per heavy atom. The zero-order chi connectivity index (χ0) is 16.0. The van der Waals surface area contributed by atoms with E-state index >= 15 is 0 Å². The van der Waals surface area contributed by atoms with Crippen molar-refractivity contribution in [3.8, 4) is 0 Å². The van der Waals surface area contributed by atoms with Gasteiger partial charge in [-0.25, -0.2) is 4.98 Å². The Morgan fingerprint density at radius 3 is 2.87 bits per heavy atom. The van der Waals surface area contributed by atoms with Gasteiger partial charge < -0.3 is 14.2 Å². The molecule has 0 N–H and O–H groups in total. The smallest absolute Gasteiger partial charge is 0.266 e. The van der Waals surface area contributed by atoms with E-state index < -0.39 is 0 Å². The third-order valence-corrected chi connectivity index (χ3v) is 5.52. The number of thiazole rings is 1. The molecule has 4 heterocycles. The van der Waals surface area contributed by atoms with Crippen molar-refractivity contribution in [3.63, 3.8) is 0 Å². The van der Waals surface area contributed by atoms with Crippen molar-refractivity contribution in [2.24, 2.45) is 0 Å². The zero-order valence-corrected chi connectivity index (χ0v) is 14.0. The molecule has 0 spiro atoms. The lowest BCUT2D eigenvalue weighted by atomic mass is 10.1. The summed E-state index contributed by atoms with van der Waals surface area (Å²) in [5, 5.41) is 9.19. The number of hydrogen-bond donors (Lipinski definition) is 0. The lowest BCUT2D eigenvalue weighted by Gasteiger charge is -2.40. The van der Waals surface area contributed by atoms with Crippen molar-refractivity contribution in [1.82, 2.24) is 24.6 Å². The first-order valence-electron chi connectivity index (χ1n) is 7.88. The minimum atomic E-state index is 0.0497. The van der Waals surface area contributed by atoms with E-state index in [4.69, 9.17) is 4.74 Å². The van der Waals surface area contributed by atoms with Gasteiger partial charge >= 0.3 is 0 Å². The maximum Gasteiger partial charge on any atom is 0.266 e. The van der Waals surface area contributed by atoms with Gasteiger partial charge in [0.05, 0.1) is 16.7 Å². The summed E-state index contributed by atoms with van der Waals surface area (Å²) in [5.74, 6) is 0.973. The molecule has 2 aliphatic rings. The molecule has 1 atom stereocenters. The highest BCUT2D eigenvalue weighted by Crippen LogP contribution is 2.32. The lowest BCUT2D eigenvalue weighted by molar-refractivity contribution is 0.0487. The molecule has 0 saturated carbocycles. The summed E-state index contributed by atoms with van der Waals surface area (Å²) in [7, 11) is 0. The number of amides is 1. The molecular weight excluding hydrogens is 314 g/mol. The third kappa shape index (κ3) is 2.55. The van der Waals surface area contributed by atoms with Gasteiger partial charge in [0.15, 0.2) is 5.82 Å². The SMILES string of the molecule is Cc1nc(C)c(C(=O)N2CC(n3cnnc3C3CCCO3)C2)s1. The molecule has 2 fully saturated rings. The first-order chi connectivity index (χ1) is 11.1. The Bertz CT molecular complexity index is 728. The monoisotopic (exact) mass is 333 g/mol. The van der Waals surface area contributed by atoms with E-state index in [1.54, 1.807) is 6.33 Å². The molecule has 1 unspecified atom stereocenters. The van der Waals surface area contributed by atoms with Crippen molar-refractivity contribution in [2.45, 2.75) is 38.8 Å². The number of aromatic nitrogens is 4. The average molecular weight is 333 g/mol. The van der Waals surface area contributed by atoms with Crippen molar-refractivity contribution in [1.29, 1.82) is 0 Å². The first kappa shape index (κ1) is 14.8. The fraction of sp³-hybridized carbons (Fsp3) is 0.600. The highest BCUT2D eigenvalue weighted by Gasteiger charge is 2.36. The molecule has 0 radical (unpaired) electrons. The molecule has 7 nitrogen and oxygen atoms in total. The second-order valence-corrected chi connectivity index (χ2v) is 7.31. The van der Waals surface area contributed by atoms with Gasteiger partial charge in [-0.1, -0.05) is 0 Å². The second-order valence-electron chi connectivity index (χ2n) is 6.11. The predicted octanol–water partition coefficient (Wildman–Crippen LogP) is 1.90. The van der Waals surface area contributed by atoms with Gasteiger partial charge in [0.2, 0.25) is 0 Å². The molecular formula is C15H19N5O2S. The normalized spacial score (nSPS) is 21.7. The van der Waals surface area contributed by atoms with Gasteiger partial charge in [-0.05, 0) is 26.7 Å². The summed E-state index contributed by atoms with van der Waals surface area (Å²) < 4.78 is 7.78. The molecule has 8 heteroatoms. The molecule has 2 saturated heterocycles. The van der Waals surface area contributed by atoms with Crippen LogP contribution in [-0.2, 0) is 4.74 Å². The Kier molecular flexibility index (Phi) is 3.65. The summed E-state index contributed by atoms with van der Waals surface area (Å²) in [4.78, 5) is 19.5. The summed E-state index contributed by atoms with van der Waals surface area (Å²) in [6, 6.07) is 0.238. The fourth-order valence-corrected chi connectivity index (χ4v) is 4.10. The summed E-state index contributed by atoms with van der Waals surface area (Å²) in [5.41, 5.74) is 0.824. The van der Waals surface area contributed by atoms with E-state index in [1.807, 2.05) is 18.7 Å². The maximum absolute atomic E-state index is 12.5. The summed E-state index contributed by atoms with van der Waals surface area (Å²) in [6.07, 6.45) is 3.86. The number of hydrogen-bond acceptors (Lipinski definition) is 6. The molecule has 2 aromatic heterocycles. The van der Waals surface area contributed by atoms with E-state index in [0.717, 1.165) is 40.9 Å². The van der Waals surface area contributed by atoms with Gasteiger partial charge in [-0.15, -0.1) is 21.5 Å². The van der Waals surface area contributed by atoms with Gasteiger partial charge in [-0.2, -0.15) is 0 Å². The fourth-order valence-electron chi connectivity index (χ4n) is 3.22. The largest absolute Gasteiger partial charge is 0.370 e. The van der Waals surface area contributed by atoms with E-state index in [0.29, 0.717) is 13.1 Å². The zero-order valence-electron chi connectivity index (χ0n) is 13.2. The standard InChI is InChI=1S/C15H19N5O2S/c1-9-13(23-10(2)17-9)15(21)19-6-11(7-19)20-8-16-18-14(20)12-4-3-5-22-12/h8,11-12H,3-7H2,1-2H3. The van der Waals surface area contributed by atoms with Crippen LogP contribution in [0.3, 0.4) is 0 Å². The second kappa shape index (κ2) is 5.68. The number of carbonyl (C=O) groups excluding carboxylic acids is 1. The van der Waals surface area contributed by atoms with Crippen LogP contribution in [0.1, 0.15) is 51.2 Å². The van der Waals surface area contributed by atoms with Crippen LogP contribution in [0.15, 0.2) is 6.33 Å². The van der Waals surface area contributed by atoms with Crippen LogP contribution >= 0.6 is 11.3 Å². The average Bonchev–Trinajstić information content (AvgIpc) is 3.17. The Labute approximate surface area is 138 Å². The number of aryl methyl sites for hydroxylation is 2. The molecule has 4 rings (SSSR count). The maximum atomic E-state index is 12.5. The van der Waals surface area contributed by atoms with Crippen molar-refractivity contribution >= 4 is 17.2 Å². The molecule has 2 aromatic rings. The van der Waals surface area contributed by atoms with Gasteiger partial charge in [0.1, 0.15) is 17.3 Å².